The number of aromatic nitrogens is 1. The van der Waals surface area contributed by atoms with Crippen molar-refractivity contribution in [3.63, 3.8) is 0 Å². The van der Waals surface area contributed by atoms with Gasteiger partial charge in [0, 0.05) is 37.2 Å². The first-order valence-electron chi connectivity index (χ1n) is 9.50. The number of amides is 2. The summed E-state index contributed by atoms with van der Waals surface area (Å²) < 4.78 is 0. The Morgan fingerprint density at radius 1 is 1.20 bits per heavy atom. The molecule has 1 aliphatic heterocycles. The van der Waals surface area contributed by atoms with E-state index in [1.165, 1.54) is 0 Å². The zero-order chi connectivity index (χ0) is 18.0. The molecule has 1 aliphatic carbocycles. The fourth-order valence-electron chi connectivity index (χ4n) is 3.45. The van der Waals surface area contributed by atoms with Crippen LogP contribution in [-0.2, 0) is 4.79 Å². The maximum atomic E-state index is 12.5. The minimum Gasteiger partial charge on any atom is -0.349 e. The molecular weight excluding hydrogens is 314 g/mol. The second-order valence-electron chi connectivity index (χ2n) is 7.89. The van der Waals surface area contributed by atoms with E-state index >= 15 is 0 Å². The highest BCUT2D eigenvalue weighted by atomic mass is 16.2. The Kier molecular flexibility index (Phi) is 5.40. The van der Waals surface area contributed by atoms with E-state index in [1.54, 1.807) is 0 Å². The van der Waals surface area contributed by atoms with Crippen molar-refractivity contribution >= 4 is 11.8 Å². The smallest absolute Gasteiger partial charge is 0.253 e. The van der Waals surface area contributed by atoms with E-state index in [1.807, 2.05) is 24.0 Å². The van der Waals surface area contributed by atoms with Gasteiger partial charge in [-0.05, 0) is 50.7 Å². The van der Waals surface area contributed by atoms with Gasteiger partial charge < -0.3 is 10.2 Å². The second kappa shape index (κ2) is 7.54. The molecule has 1 saturated heterocycles. The summed E-state index contributed by atoms with van der Waals surface area (Å²) >= 11 is 0. The summed E-state index contributed by atoms with van der Waals surface area (Å²) in [4.78, 5) is 31.5. The summed E-state index contributed by atoms with van der Waals surface area (Å²) in [5, 5.41) is 3.07. The molecule has 2 aliphatic rings. The summed E-state index contributed by atoms with van der Waals surface area (Å²) in [5.74, 6) is 0.894. The molecule has 0 unspecified atom stereocenters. The van der Waals surface area contributed by atoms with Crippen LogP contribution in [0.3, 0.4) is 0 Å². The third-order valence-corrected chi connectivity index (χ3v) is 5.04. The highest BCUT2D eigenvalue weighted by Gasteiger charge is 2.30. The first kappa shape index (κ1) is 17.9. The predicted molar refractivity (Wildman–Crippen MR) is 97.5 cm³/mol. The van der Waals surface area contributed by atoms with E-state index in [-0.39, 0.29) is 17.7 Å². The van der Waals surface area contributed by atoms with Gasteiger partial charge in [-0.2, -0.15) is 0 Å². The molecular formula is C20H29N3O2. The zero-order valence-electron chi connectivity index (χ0n) is 15.5. The Labute approximate surface area is 150 Å². The van der Waals surface area contributed by atoms with Crippen LogP contribution in [0.1, 0.15) is 73.6 Å². The van der Waals surface area contributed by atoms with Crippen LogP contribution < -0.4 is 5.32 Å². The number of likely N-dealkylation sites (tertiary alicyclic amines) is 1. The Morgan fingerprint density at radius 3 is 2.48 bits per heavy atom. The van der Waals surface area contributed by atoms with Crippen LogP contribution in [0, 0.1) is 12.8 Å². The number of nitrogens with one attached hydrogen (secondary N) is 1. The molecule has 0 atom stereocenters. The number of carbonyl (C=O) groups excluding carboxylic acids is 2. The third kappa shape index (κ3) is 4.59. The molecule has 2 amide bonds. The van der Waals surface area contributed by atoms with Gasteiger partial charge in [0.05, 0.1) is 11.3 Å². The van der Waals surface area contributed by atoms with Crippen LogP contribution in [-0.4, -0.2) is 40.8 Å². The van der Waals surface area contributed by atoms with Gasteiger partial charge in [0.15, 0.2) is 0 Å². The summed E-state index contributed by atoms with van der Waals surface area (Å²) in [6.45, 7) is 7.64. The normalized spacial score (nSPS) is 18.5. The molecule has 1 aromatic heterocycles. The number of pyridine rings is 1. The molecule has 0 bridgehead atoms. The topological polar surface area (TPSA) is 62.3 Å². The van der Waals surface area contributed by atoms with Crippen molar-refractivity contribution in [1.29, 1.82) is 0 Å². The molecule has 25 heavy (non-hydrogen) atoms. The van der Waals surface area contributed by atoms with E-state index in [4.69, 9.17) is 4.98 Å². The average molecular weight is 343 g/mol. The van der Waals surface area contributed by atoms with Crippen molar-refractivity contribution in [2.75, 3.05) is 13.1 Å². The highest BCUT2D eigenvalue weighted by Crippen LogP contribution is 2.30. The summed E-state index contributed by atoms with van der Waals surface area (Å²) in [5.41, 5.74) is 2.56. The molecule has 2 fully saturated rings. The lowest BCUT2D eigenvalue weighted by Crippen LogP contribution is -2.39. The van der Waals surface area contributed by atoms with Crippen LogP contribution >= 0.6 is 0 Å². The van der Waals surface area contributed by atoms with E-state index in [0.29, 0.717) is 23.9 Å². The number of nitrogens with zero attached hydrogens (tertiary/aromatic N) is 2. The van der Waals surface area contributed by atoms with Crippen LogP contribution in [0.25, 0.3) is 0 Å². The van der Waals surface area contributed by atoms with Crippen molar-refractivity contribution < 1.29 is 9.59 Å². The Balaban J connectivity index is 1.68. The molecule has 5 heteroatoms. The maximum absolute atomic E-state index is 12.5. The number of aryl methyl sites for hydroxylation is 1. The van der Waals surface area contributed by atoms with Crippen LogP contribution in [0.2, 0.25) is 0 Å². The Bertz CT molecular complexity index is 644. The van der Waals surface area contributed by atoms with E-state index in [0.717, 1.165) is 50.2 Å². The third-order valence-electron chi connectivity index (χ3n) is 5.04. The van der Waals surface area contributed by atoms with E-state index < -0.39 is 0 Å². The Morgan fingerprint density at radius 2 is 1.88 bits per heavy atom. The van der Waals surface area contributed by atoms with Crippen molar-refractivity contribution in [2.45, 2.75) is 64.8 Å². The molecule has 1 N–H and O–H groups in total. The van der Waals surface area contributed by atoms with Gasteiger partial charge in [-0.25, -0.2) is 0 Å². The van der Waals surface area contributed by atoms with Gasteiger partial charge in [-0.15, -0.1) is 0 Å². The van der Waals surface area contributed by atoms with Crippen LogP contribution in [0.15, 0.2) is 12.1 Å². The van der Waals surface area contributed by atoms with E-state index in [2.05, 4.69) is 19.2 Å². The largest absolute Gasteiger partial charge is 0.349 e. The van der Waals surface area contributed by atoms with Crippen LogP contribution in [0.4, 0.5) is 0 Å². The van der Waals surface area contributed by atoms with Crippen molar-refractivity contribution in [3.8, 4) is 0 Å². The van der Waals surface area contributed by atoms with Crippen molar-refractivity contribution in [1.82, 2.24) is 15.2 Å². The quantitative estimate of drug-likeness (QED) is 0.894. The summed E-state index contributed by atoms with van der Waals surface area (Å²) in [6.07, 6.45) is 4.53. The second-order valence-corrected chi connectivity index (χ2v) is 7.89. The minimum absolute atomic E-state index is 0.00307. The average Bonchev–Trinajstić information content (AvgIpc) is 3.38. The van der Waals surface area contributed by atoms with Gasteiger partial charge in [-0.3, -0.25) is 14.6 Å². The summed E-state index contributed by atoms with van der Waals surface area (Å²) in [7, 11) is 0. The molecule has 1 saturated carbocycles. The number of hydrogen-bond acceptors (Lipinski definition) is 3. The predicted octanol–water partition coefficient (Wildman–Crippen LogP) is 3.03. The van der Waals surface area contributed by atoms with Crippen molar-refractivity contribution in [3.05, 3.63) is 29.1 Å². The lowest BCUT2D eigenvalue weighted by atomic mass is 9.89. The summed E-state index contributed by atoms with van der Waals surface area (Å²) in [6, 6.07) is 4.16. The number of rotatable bonds is 5. The van der Waals surface area contributed by atoms with Gasteiger partial charge >= 0.3 is 0 Å². The molecule has 0 radical (unpaired) electrons. The zero-order valence-corrected chi connectivity index (χ0v) is 15.5. The van der Waals surface area contributed by atoms with Gasteiger partial charge in [0.2, 0.25) is 5.91 Å². The lowest BCUT2D eigenvalue weighted by Gasteiger charge is -2.33. The Hall–Kier alpha value is -1.91. The number of carbonyl (C=O) groups is 2. The van der Waals surface area contributed by atoms with E-state index in [9.17, 15) is 9.59 Å². The lowest BCUT2D eigenvalue weighted by molar-refractivity contribution is -0.133. The SMILES string of the molecule is Cc1ccc(C(=O)NC2CC2)c(C2CCN(C(=O)CC(C)C)CC2)n1. The standard InChI is InChI=1S/C20H29N3O2/c1-13(2)12-18(24)23-10-8-15(9-11-23)19-17(7-4-14(3)21-19)20(25)22-16-5-6-16/h4,7,13,15-16H,5-6,8-12H2,1-3H3,(H,22,25). The highest BCUT2D eigenvalue weighted by molar-refractivity contribution is 5.95. The molecule has 0 spiro atoms. The van der Waals surface area contributed by atoms with Crippen molar-refractivity contribution in [2.24, 2.45) is 5.92 Å². The molecule has 0 aromatic carbocycles. The molecule has 136 valence electrons. The minimum atomic E-state index is 0.00307. The monoisotopic (exact) mass is 343 g/mol. The maximum Gasteiger partial charge on any atom is 0.253 e. The van der Waals surface area contributed by atoms with Gasteiger partial charge in [0.25, 0.3) is 5.91 Å². The van der Waals surface area contributed by atoms with Gasteiger partial charge in [-0.1, -0.05) is 13.8 Å². The first-order chi connectivity index (χ1) is 11.9. The fraction of sp³-hybridized carbons (Fsp3) is 0.650. The first-order valence-corrected chi connectivity index (χ1v) is 9.50. The molecule has 3 rings (SSSR count). The molecule has 1 aromatic rings. The number of hydrogen-bond donors (Lipinski definition) is 1. The van der Waals surface area contributed by atoms with Gasteiger partial charge in [0.1, 0.15) is 0 Å². The number of piperidine rings is 1. The molecule has 2 heterocycles. The fourth-order valence-corrected chi connectivity index (χ4v) is 3.45. The van der Waals surface area contributed by atoms with Crippen LogP contribution in [0.5, 0.6) is 0 Å². The molecule has 5 nitrogen and oxygen atoms in total.